The summed E-state index contributed by atoms with van der Waals surface area (Å²) in [5.41, 5.74) is 3.17. The fourth-order valence-electron chi connectivity index (χ4n) is 2.53. The molecule has 0 aliphatic carbocycles. The molecule has 24 heavy (non-hydrogen) atoms. The average Bonchev–Trinajstić information content (AvgIpc) is 2.62. The largest absolute Gasteiger partial charge is 0.392 e. The maximum absolute atomic E-state index is 12.5. The Balaban J connectivity index is 1.73. The minimum Gasteiger partial charge on any atom is -0.392 e. The highest BCUT2D eigenvalue weighted by molar-refractivity contribution is 6.03. The number of hydrogen-bond acceptors (Lipinski definition) is 4. The average molecular weight is 321 g/mol. The molecule has 3 N–H and O–H groups in total. The summed E-state index contributed by atoms with van der Waals surface area (Å²) in [7, 11) is 0. The Hall–Kier alpha value is -2.92. The number of fused-ring (bicyclic) bond motifs is 1. The van der Waals surface area contributed by atoms with Crippen LogP contribution < -0.4 is 10.6 Å². The van der Waals surface area contributed by atoms with Crippen molar-refractivity contribution in [2.24, 2.45) is 0 Å². The van der Waals surface area contributed by atoms with Gasteiger partial charge in [0.2, 0.25) is 5.91 Å². The first kappa shape index (κ1) is 16.0. The third-order valence-electron chi connectivity index (χ3n) is 3.79. The fraction of sp³-hybridized carbons (Fsp3) is 0.158. The summed E-state index contributed by atoms with van der Waals surface area (Å²) in [6.07, 6.45) is 1.73. The first-order chi connectivity index (χ1) is 11.7. The highest BCUT2D eigenvalue weighted by Gasteiger charge is 2.14. The lowest BCUT2D eigenvalue weighted by Gasteiger charge is -2.16. The van der Waals surface area contributed by atoms with Gasteiger partial charge in [0.05, 0.1) is 17.8 Å². The molecule has 1 unspecified atom stereocenters. The van der Waals surface area contributed by atoms with Crippen molar-refractivity contribution in [2.75, 3.05) is 10.6 Å². The monoisotopic (exact) mass is 321 g/mol. The molecule has 1 heterocycles. The molecule has 0 fully saturated rings. The number of aliphatic hydroxyl groups is 1. The van der Waals surface area contributed by atoms with Gasteiger partial charge in [-0.3, -0.25) is 9.78 Å². The van der Waals surface area contributed by atoms with Gasteiger partial charge < -0.3 is 15.7 Å². The second-order valence-corrected chi connectivity index (χ2v) is 5.59. The van der Waals surface area contributed by atoms with Crippen molar-refractivity contribution in [1.82, 2.24) is 4.98 Å². The zero-order valence-corrected chi connectivity index (χ0v) is 13.4. The summed E-state index contributed by atoms with van der Waals surface area (Å²) in [5, 5.41) is 16.2. The van der Waals surface area contributed by atoms with Gasteiger partial charge in [-0.05, 0) is 48.9 Å². The van der Waals surface area contributed by atoms with Crippen LogP contribution in [-0.2, 0) is 11.4 Å². The quantitative estimate of drug-likeness (QED) is 0.675. The van der Waals surface area contributed by atoms with E-state index in [1.165, 1.54) is 0 Å². The highest BCUT2D eigenvalue weighted by Crippen LogP contribution is 2.21. The van der Waals surface area contributed by atoms with Crippen molar-refractivity contribution < 1.29 is 9.90 Å². The Labute approximate surface area is 140 Å². The highest BCUT2D eigenvalue weighted by atomic mass is 16.3. The Morgan fingerprint density at radius 3 is 2.83 bits per heavy atom. The topological polar surface area (TPSA) is 74.2 Å². The van der Waals surface area contributed by atoms with Crippen LogP contribution in [0.25, 0.3) is 10.9 Å². The maximum atomic E-state index is 12.5. The van der Waals surface area contributed by atoms with Gasteiger partial charge in [0.15, 0.2) is 0 Å². The van der Waals surface area contributed by atoms with Gasteiger partial charge in [0, 0.05) is 17.3 Å². The minimum absolute atomic E-state index is 0.0287. The summed E-state index contributed by atoms with van der Waals surface area (Å²) >= 11 is 0. The standard InChI is InChI=1S/C19H19N3O2/c1-13(21-15-6-2-5-14(11-15)12-23)19(24)22-18-9-3-8-17-16(18)7-4-10-20-17/h2-11,13,21,23H,12H2,1H3,(H,22,24). The number of carbonyl (C=O) groups is 1. The molecule has 0 aliphatic rings. The normalized spacial score (nSPS) is 11.9. The molecule has 0 saturated heterocycles. The van der Waals surface area contributed by atoms with Crippen molar-refractivity contribution in [3.63, 3.8) is 0 Å². The lowest BCUT2D eigenvalue weighted by molar-refractivity contribution is -0.116. The van der Waals surface area contributed by atoms with Gasteiger partial charge in [-0.25, -0.2) is 0 Å². The van der Waals surface area contributed by atoms with Gasteiger partial charge in [0.25, 0.3) is 0 Å². The number of carbonyl (C=O) groups excluding carboxylic acids is 1. The van der Waals surface area contributed by atoms with E-state index in [-0.39, 0.29) is 12.5 Å². The fourth-order valence-corrected chi connectivity index (χ4v) is 2.53. The molecule has 0 saturated carbocycles. The molecule has 0 radical (unpaired) electrons. The molecule has 1 aromatic heterocycles. The van der Waals surface area contributed by atoms with Gasteiger partial charge in [-0.15, -0.1) is 0 Å². The number of anilines is 2. The zero-order valence-electron chi connectivity index (χ0n) is 13.4. The Morgan fingerprint density at radius 2 is 2.00 bits per heavy atom. The molecule has 122 valence electrons. The second-order valence-electron chi connectivity index (χ2n) is 5.59. The SMILES string of the molecule is CC(Nc1cccc(CO)c1)C(=O)Nc1cccc2ncccc12. The number of aliphatic hydroxyl groups excluding tert-OH is 1. The Bertz CT molecular complexity index is 859. The summed E-state index contributed by atoms with van der Waals surface area (Å²) in [4.78, 5) is 16.8. The molecule has 1 amide bonds. The number of benzene rings is 2. The number of hydrogen-bond donors (Lipinski definition) is 3. The van der Waals surface area contributed by atoms with Gasteiger partial charge in [-0.1, -0.05) is 18.2 Å². The van der Waals surface area contributed by atoms with Crippen molar-refractivity contribution >= 4 is 28.2 Å². The van der Waals surface area contributed by atoms with E-state index in [0.29, 0.717) is 0 Å². The van der Waals surface area contributed by atoms with Crippen LogP contribution in [0.1, 0.15) is 12.5 Å². The summed E-state index contributed by atoms with van der Waals surface area (Å²) in [6, 6.07) is 16.4. The van der Waals surface area contributed by atoms with E-state index < -0.39 is 6.04 Å². The molecule has 0 spiro atoms. The number of rotatable bonds is 5. The van der Waals surface area contributed by atoms with Crippen LogP contribution in [-0.4, -0.2) is 22.0 Å². The van der Waals surface area contributed by atoms with Crippen molar-refractivity contribution in [3.05, 3.63) is 66.4 Å². The molecule has 3 aromatic rings. The van der Waals surface area contributed by atoms with Crippen molar-refractivity contribution in [2.45, 2.75) is 19.6 Å². The van der Waals surface area contributed by atoms with Crippen LogP contribution >= 0.6 is 0 Å². The maximum Gasteiger partial charge on any atom is 0.246 e. The number of pyridine rings is 1. The zero-order chi connectivity index (χ0) is 16.9. The van der Waals surface area contributed by atoms with E-state index in [9.17, 15) is 9.90 Å². The number of amides is 1. The first-order valence-corrected chi connectivity index (χ1v) is 7.78. The van der Waals surface area contributed by atoms with Gasteiger partial charge >= 0.3 is 0 Å². The number of aromatic nitrogens is 1. The van der Waals surface area contributed by atoms with E-state index in [2.05, 4.69) is 15.6 Å². The lowest BCUT2D eigenvalue weighted by Crippen LogP contribution is -2.31. The molecule has 5 heteroatoms. The third-order valence-corrected chi connectivity index (χ3v) is 3.79. The van der Waals surface area contributed by atoms with Crippen LogP contribution in [0, 0.1) is 0 Å². The second kappa shape index (κ2) is 7.10. The first-order valence-electron chi connectivity index (χ1n) is 7.78. The van der Waals surface area contributed by atoms with Crippen LogP contribution in [0.4, 0.5) is 11.4 Å². The molecule has 2 aromatic carbocycles. The van der Waals surface area contributed by atoms with E-state index >= 15 is 0 Å². The molecule has 0 bridgehead atoms. The number of nitrogens with one attached hydrogen (secondary N) is 2. The molecule has 0 aliphatic heterocycles. The molecule has 1 atom stereocenters. The van der Waals surface area contributed by atoms with Crippen molar-refractivity contribution in [1.29, 1.82) is 0 Å². The van der Waals surface area contributed by atoms with E-state index in [4.69, 9.17) is 0 Å². The lowest BCUT2D eigenvalue weighted by atomic mass is 10.1. The van der Waals surface area contributed by atoms with Crippen LogP contribution in [0.5, 0.6) is 0 Å². The minimum atomic E-state index is -0.425. The number of nitrogens with zero attached hydrogens (tertiary/aromatic N) is 1. The van der Waals surface area contributed by atoms with Crippen LogP contribution in [0.15, 0.2) is 60.8 Å². The predicted molar refractivity (Wildman–Crippen MR) is 95.8 cm³/mol. The molecule has 3 rings (SSSR count). The van der Waals surface area contributed by atoms with Gasteiger partial charge in [-0.2, -0.15) is 0 Å². The molecular formula is C19H19N3O2. The summed E-state index contributed by atoms with van der Waals surface area (Å²) in [5.74, 6) is -0.138. The van der Waals surface area contributed by atoms with E-state index in [1.54, 1.807) is 13.1 Å². The third kappa shape index (κ3) is 3.52. The summed E-state index contributed by atoms with van der Waals surface area (Å²) < 4.78 is 0. The smallest absolute Gasteiger partial charge is 0.246 e. The van der Waals surface area contributed by atoms with Gasteiger partial charge in [0.1, 0.15) is 6.04 Å². The van der Waals surface area contributed by atoms with E-state index in [0.717, 1.165) is 27.8 Å². The van der Waals surface area contributed by atoms with Crippen LogP contribution in [0.3, 0.4) is 0 Å². The van der Waals surface area contributed by atoms with Crippen molar-refractivity contribution in [3.8, 4) is 0 Å². The van der Waals surface area contributed by atoms with E-state index in [1.807, 2.05) is 54.6 Å². The summed E-state index contributed by atoms with van der Waals surface area (Å²) in [6.45, 7) is 1.77. The molecule has 5 nitrogen and oxygen atoms in total. The Morgan fingerprint density at radius 1 is 1.17 bits per heavy atom. The predicted octanol–water partition coefficient (Wildman–Crippen LogP) is 3.17. The molecular weight excluding hydrogens is 302 g/mol. The van der Waals surface area contributed by atoms with Crippen LogP contribution in [0.2, 0.25) is 0 Å². The Kier molecular flexibility index (Phi) is 4.72.